The Labute approximate surface area is 218 Å². The quantitative estimate of drug-likeness (QED) is 0.184. The van der Waals surface area contributed by atoms with Crippen LogP contribution in [0.2, 0.25) is 0 Å². The van der Waals surface area contributed by atoms with Crippen molar-refractivity contribution in [1.29, 1.82) is 0 Å². The molecule has 0 saturated heterocycles. The first-order chi connectivity index (χ1) is 18.2. The minimum absolute atomic E-state index is 0.213. The lowest BCUT2D eigenvalue weighted by molar-refractivity contribution is -0.274. The molecular formula is C29H26F3N3O3. The molecule has 9 heteroatoms. The number of halogens is 3. The molecule has 1 aliphatic rings. The average molecular weight is 522 g/mol. The minimum atomic E-state index is -4.74. The van der Waals surface area contributed by atoms with E-state index < -0.39 is 6.36 Å². The van der Waals surface area contributed by atoms with Crippen molar-refractivity contribution in [3.8, 4) is 28.6 Å². The first-order valence-corrected chi connectivity index (χ1v) is 12.3. The summed E-state index contributed by atoms with van der Waals surface area (Å²) in [6.45, 7) is 4.14. The van der Waals surface area contributed by atoms with Crippen molar-refractivity contribution < 1.29 is 27.4 Å². The molecule has 3 aromatic carbocycles. The Morgan fingerprint density at radius 1 is 1.03 bits per heavy atom. The van der Waals surface area contributed by atoms with Crippen molar-refractivity contribution in [1.82, 2.24) is 14.8 Å². The summed E-state index contributed by atoms with van der Waals surface area (Å²) in [6.07, 6.45) is -1.93. The molecule has 2 unspecified atom stereocenters. The van der Waals surface area contributed by atoms with Gasteiger partial charge in [0.05, 0.1) is 5.69 Å². The van der Waals surface area contributed by atoms with Crippen molar-refractivity contribution in [3.63, 3.8) is 0 Å². The van der Waals surface area contributed by atoms with Crippen LogP contribution >= 0.6 is 0 Å². The largest absolute Gasteiger partial charge is 0.573 e. The maximum atomic E-state index is 12.6. The van der Waals surface area contributed by atoms with Crippen molar-refractivity contribution in [2.45, 2.75) is 44.9 Å². The third-order valence-electron chi connectivity index (χ3n) is 6.54. The third-order valence-corrected chi connectivity index (χ3v) is 6.54. The van der Waals surface area contributed by atoms with Crippen LogP contribution in [0.5, 0.6) is 11.5 Å². The molecule has 0 aliphatic heterocycles. The molecule has 0 N–H and O–H groups in total. The Hall–Kier alpha value is -4.14. The monoisotopic (exact) mass is 521 g/mol. The second-order valence-electron chi connectivity index (χ2n) is 9.65. The molecule has 196 valence electrons. The molecule has 1 aromatic heterocycles. The van der Waals surface area contributed by atoms with Gasteiger partial charge < -0.3 is 9.47 Å². The summed E-state index contributed by atoms with van der Waals surface area (Å²) in [5.74, 6) is 1.43. The Morgan fingerprint density at radius 2 is 1.74 bits per heavy atom. The first kappa shape index (κ1) is 25.5. The van der Waals surface area contributed by atoms with Gasteiger partial charge in [-0.25, -0.2) is 9.67 Å². The van der Waals surface area contributed by atoms with E-state index in [1.54, 1.807) is 0 Å². The van der Waals surface area contributed by atoms with Gasteiger partial charge in [0.25, 0.3) is 0 Å². The van der Waals surface area contributed by atoms with E-state index in [4.69, 9.17) is 4.74 Å². The topological polar surface area (TPSA) is 66.2 Å². The fraction of sp³-hybridized carbons (Fsp3) is 0.276. The molecule has 0 spiro atoms. The molecule has 2 atom stereocenters. The van der Waals surface area contributed by atoms with Crippen LogP contribution in [-0.2, 0) is 4.79 Å². The zero-order chi connectivity index (χ0) is 26.9. The van der Waals surface area contributed by atoms with Crippen molar-refractivity contribution in [2.75, 3.05) is 0 Å². The van der Waals surface area contributed by atoms with Crippen LogP contribution < -0.4 is 9.47 Å². The highest BCUT2D eigenvalue weighted by atomic mass is 19.4. The van der Waals surface area contributed by atoms with Crippen LogP contribution in [0.1, 0.15) is 49.7 Å². The Morgan fingerprint density at radius 3 is 2.42 bits per heavy atom. The molecule has 0 radical (unpaired) electrons. The number of benzene rings is 3. The summed E-state index contributed by atoms with van der Waals surface area (Å²) in [5.41, 5.74) is 3.53. The fourth-order valence-electron chi connectivity index (χ4n) is 4.51. The maximum absolute atomic E-state index is 12.6. The number of hydrogen-bond donors (Lipinski definition) is 0. The molecule has 4 aromatic rings. The number of carbonyl (C=O) groups is 1. The maximum Gasteiger partial charge on any atom is 0.573 e. The van der Waals surface area contributed by atoms with Crippen LogP contribution in [0.25, 0.3) is 17.1 Å². The smallest absolute Gasteiger partial charge is 0.426 e. The number of carbonyl (C=O) groups excluding carboxylic acids is 1. The van der Waals surface area contributed by atoms with Crippen LogP contribution in [0.15, 0.2) is 79.1 Å². The second kappa shape index (κ2) is 10.3. The van der Waals surface area contributed by atoms with E-state index in [0.29, 0.717) is 29.6 Å². The van der Waals surface area contributed by atoms with Gasteiger partial charge in [-0.2, -0.15) is 0 Å². The molecule has 1 heterocycles. The van der Waals surface area contributed by atoms with Crippen LogP contribution in [0.4, 0.5) is 13.2 Å². The van der Waals surface area contributed by atoms with E-state index in [2.05, 4.69) is 28.7 Å². The standard InChI is InChI=1S/C29H26F3N3O3/c1-18(2)24-5-3-4-6-26(24)37-27(36)16-21-15-25(21)19-7-9-20(10-8-19)28-33-17-35(34-28)22-11-13-23(14-12-22)38-29(30,31)32/h3-14,17-18,21,25H,15-16H2,1-2H3. The fourth-order valence-corrected chi connectivity index (χ4v) is 4.51. The lowest BCUT2D eigenvalue weighted by Gasteiger charge is -2.12. The third kappa shape index (κ3) is 6.04. The van der Waals surface area contributed by atoms with Gasteiger partial charge in [0.1, 0.15) is 17.8 Å². The van der Waals surface area contributed by atoms with Gasteiger partial charge in [-0.05, 0) is 65.6 Å². The summed E-state index contributed by atoms with van der Waals surface area (Å²) in [4.78, 5) is 16.9. The normalized spacial score (nSPS) is 16.9. The number of rotatable bonds is 8. The number of aromatic nitrogens is 3. The minimum Gasteiger partial charge on any atom is -0.426 e. The predicted octanol–water partition coefficient (Wildman–Crippen LogP) is 7.06. The number of esters is 1. The molecule has 0 bridgehead atoms. The van der Waals surface area contributed by atoms with E-state index in [-0.39, 0.29) is 23.6 Å². The van der Waals surface area contributed by atoms with Gasteiger partial charge in [-0.1, -0.05) is 56.3 Å². The molecule has 38 heavy (non-hydrogen) atoms. The highest BCUT2D eigenvalue weighted by molar-refractivity contribution is 5.74. The van der Waals surface area contributed by atoms with E-state index in [9.17, 15) is 18.0 Å². The van der Waals surface area contributed by atoms with E-state index in [1.807, 2.05) is 48.5 Å². The zero-order valence-corrected chi connectivity index (χ0v) is 20.9. The number of nitrogens with zero attached hydrogens (tertiary/aromatic N) is 3. The number of ether oxygens (including phenoxy) is 2. The molecule has 6 nitrogen and oxygen atoms in total. The first-order valence-electron chi connectivity index (χ1n) is 12.3. The Bertz CT molecular complexity index is 1410. The van der Waals surface area contributed by atoms with Crippen molar-refractivity contribution in [2.24, 2.45) is 5.92 Å². The summed E-state index contributed by atoms with van der Waals surface area (Å²) < 4.78 is 48.1. The highest BCUT2D eigenvalue weighted by Crippen LogP contribution is 2.50. The molecule has 1 fully saturated rings. The van der Waals surface area contributed by atoms with E-state index >= 15 is 0 Å². The Kier molecular flexibility index (Phi) is 6.93. The SMILES string of the molecule is CC(C)c1ccccc1OC(=O)CC1CC1c1ccc(-c2ncn(-c3ccc(OC(F)(F)F)cc3)n2)cc1. The molecule has 5 rings (SSSR count). The van der Waals surface area contributed by atoms with Gasteiger partial charge >= 0.3 is 12.3 Å². The van der Waals surface area contributed by atoms with Gasteiger partial charge in [0.15, 0.2) is 5.82 Å². The second-order valence-corrected chi connectivity index (χ2v) is 9.65. The zero-order valence-electron chi connectivity index (χ0n) is 20.9. The number of alkyl halides is 3. The van der Waals surface area contributed by atoms with Crippen molar-refractivity contribution >= 4 is 5.97 Å². The average Bonchev–Trinajstić information content (AvgIpc) is 3.45. The molecular weight excluding hydrogens is 495 g/mol. The van der Waals surface area contributed by atoms with Gasteiger partial charge in [0.2, 0.25) is 0 Å². The van der Waals surface area contributed by atoms with Crippen LogP contribution in [0, 0.1) is 5.92 Å². The lowest BCUT2D eigenvalue weighted by atomic mass is 10.0. The molecule has 1 saturated carbocycles. The number of hydrogen-bond acceptors (Lipinski definition) is 5. The van der Waals surface area contributed by atoms with E-state index in [0.717, 1.165) is 23.1 Å². The molecule has 1 aliphatic carbocycles. The van der Waals surface area contributed by atoms with Crippen LogP contribution in [0.3, 0.4) is 0 Å². The van der Waals surface area contributed by atoms with E-state index in [1.165, 1.54) is 35.3 Å². The highest BCUT2D eigenvalue weighted by Gasteiger charge is 2.40. The number of para-hydroxylation sites is 1. The summed E-state index contributed by atoms with van der Waals surface area (Å²) >= 11 is 0. The summed E-state index contributed by atoms with van der Waals surface area (Å²) in [6, 6.07) is 20.9. The summed E-state index contributed by atoms with van der Waals surface area (Å²) in [5, 5.41) is 4.44. The van der Waals surface area contributed by atoms with Gasteiger partial charge in [0, 0.05) is 12.0 Å². The summed E-state index contributed by atoms with van der Waals surface area (Å²) in [7, 11) is 0. The van der Waals surface area contributed by atoms with Gasteiger partial charge in [-0.3, -0.25) is 4.79 Å². The van der Waals surface area contributed by atoms with Gasteiger partial charge in [-0.15, -0.1) is 18.3 Å². The van der Waals surface area contributed by atoms with Crippen molar-refractivity contribution in [3.05, 3.63) is 90.3 Å². The lowest BCUT2D eigenvalue weighted by Crippen LogP contribution is -2.17. The molecule has 0 amide bonds. The Balaban J connectivity index is 1.18. The predicted molar refractivity (Wildman–Crippen MR) is 135 cm³/mol. The van der Waals surface area contributed by atoms with Crippen LogP contribution in [-0.4, -0.2) is 27.1 Å².